The topological polar surface area (TPSA) is 85.8 Å². The highest BCUT2D eigenvalue weighted by atomic mass is 16.4. The van der Waals surface area contributed by atoms with E-state index in [1.165, 1.54) is 6.26 Å². The minimum Gasteiger partial charge on any atom is -0.503 e. The van der Waals surface area contributed by atoms with Gasteiger partial charge in [0.05, 0.1) is 17.3 Å². The molecule has 3 aromatic rings. The highest BCUT2D eigenvalue weighted by Gasteiger charge is 2.16. The third kappa shape index (κ3) is 1.85. The number of aliphatic hydroxyl groups excluding tert-OH is 1. The van der Waals surface area contributed by atoms with Gasteiger partial charge in [0.15, 0.2) is 17.3 Å². The second-order valence-corrected chi connectivity index (χ2v) is 3.92. The molecule has 0 unspecified atom stereocenters. The molecule has 0 amide bonds. The first-order valence-electron chi connectivity index (χ1n) is 5.62. The smallest absolute Gasteiger partial charge is 0.180 e. The van der Waals surface area contributed by atoms with Crippen LogP contribution in [-0.2, 0) is 0 Å². The molecule has 5 nitrogen and oxygen atoms in total. The molecule has 0 atom stereocenters. The lowest BCUT2D eigenvalue weighted by Crippen LogP contribution is -1.90. The zero-order chi connectivity index (χ0) is 13.2. The summed E-state index contributed by atoms with van der Waals surface area (Å²) in [6, 6.07) is 12.6. The number of hydrogen-bond donors (Lipinski definition) is 2. The quantitative estimate of drug-likeness (QED) is 0.541. The Morgan fingerprint density at radius 3 is 2.79 bits per heavy atom. The molecule has 1 aromatic carbocycles. The number of aromatic amines is 1. The number of allylic oxidation sites excluding steroid dienone is 1. The van der Waals surface area contributed by atoms with Gasteiger partial charge >= 0.3 is 0 Å². The van der Waals surface area contributed by atoms with Crippen molar-refractivity contribution >= 4 is 22.4 Å². The Kier molecular flexibility index (Phi) is 2.54. The van der Waals surface area contributed by atoms with Crippen molar-refractivity contribution < 1.29 is 9.52 Å². The number of H-pyrrole nitrogens is 1. The average molecular weight is 251 g/mol. The molecule has 0 aliphatic rings. The van der Waals surface area contributed by atoms with Crippen molar-refractivity contribution in [3.8, 4) is 6.07 Å². The number of nitriles is 1. The lowest BCUT2D eigenvalue weighted by molar-refractivity contribution is 0.461. The second kappa shape index (κ2) is 4.35. The first kappa shape index (κ1) is 11.1. The third-order valence-electron chi connectivity index (χ3n) is 2.73. The Bertz CT molecular complexity index is 759. The number of hydrogen-bond acceptors (Lipinski definition) is 4. The summed E-state index contributed by atoms with van der Waals surface area (Å²) in [5, 5.41) is 19.3. The van der Waals surface area contributed by atoms with E-state index < -0.39 is 0 Å². The van der Waals surface area contributed by atoms with E-state index in [0.717, 1.165) is 11.0 Å². The first-order valence-corrected chi connectivity index (χ1v) is 5.62. The van der Waals surface area contributed by atoms with Crippen molar-refractivity contribution in [2.24, 2.45) is 0 Å². The lowest BCUT2D eigenvalue weighted by Gasteiger charge is -1.97. The van der Waals surface area contributed by atoms with E-state index in [9.17, 15) is 10.4 Å². The van der Waals surface area contributed by atoms with Crippen LogP contribution in [0.4, 0.5) is 0 Å². The summed E-state index contributed by atoms with van der Waals surface area (Å²) >= 11 is 0. The van der Waals surface area contributed by atoms with Crippen LogP contribution in [0.1, 0.15) is 11.6 Å². The summed E-state index contributed by atoms with van der Waals surface area (Å²) < 4.78 is 5.07. The van der Waals surface area contributed by atoms with E-state index in [1.807, 2.05) is 30.3 Å². The maximum atomic E-state index is 10.1. The van der Waals surface area contributed by atoms with Crippen molar-refractivity contribution in [1.82, 2.24) is 9.97 Å². The minimum absolute atomic E-state index is 0.0474. The Morgan fingerprint density at radius 2 is 2.11 bits per heavy atom. The van der Waals surface area contributed by atoms with Crippen LogP contribution in [0.5, 0.6) is 0 Å². The lowest BCUT2D eigenvalue weighted by atomic mass is 10.2. The summed E-state index contributed by atoms with van der Waals surface area (Å²) in [5.74, 6) is 0.321. The van der Waals surface area contributed by atoms with E-state index in [-0.39, 0.29) is 17.1 Å². The van der Waals surface area contributed by atoms with Crippen molar-refractivity contribution in [1.29, 1.82) is 5.26 Å². The maximum absolute atomic E-state index is 10.1. The fraction of sp³-hybridized carbons (Fsp3) is 0. The fourth-order valence-corrected chi connectivity index (χ4v) is 1.83. The van der Waals surface area contributed by atoms with Gasteiger partial charge in [-0.3, -0.25) is 0 Å². The van der Waals surface area contributed by atoms with Gasteiger partial charge in [0.2, 0.25) is 0 Å². The maximum Gasteiger partial charge on any atom is 0.180 e. The molecule has 3 rings (SSSR count). The number of furan rings is 1. The van der Waals surface area contributed by atoms with Crippen molar-refractivity contribution in [3.05, 3.63) is 54.2 Å². The molecular formula is C14H9N3O2. The second-order valence-electron chi connectivity index (χ2n) is 3.92. The van der Waals surface area contributed by atoms with Gasteiger partial charge in [-0.1, -0.05) is 12.1 Å². The number of benzene rings is 1. The highest BCUT2D eigenvalue weighted by molar-refractivity contribution is 5.93. The van der Waals surface area contributed by atoms with Crippen molar-refractivity contribution in [3.63, 3.8) is 0 Å². The molecule has 2 N–H and O–H groups in total. The highest BCUT2D eigenvalue weighted by Crippen LogP contribution is 2.24. The van der Waals surface area contributed by atoms with Crippen LogP contribution in [0.25, 0.3) is 22.4 Å². The van der Waals surface area contributed by atoms with Crippen molar-refractivity contribution in [2.45, 2.75) is 0 Å². The van der Waals surface area contributed by atoms with Gasteiger partial charge in [-0.2, -0.15) is 5.26 Å². The number of aliphatic hydroxyl groups is 1. The van der Waals surface area contributed by atoms with Gasteiger partial charge in [0.25, 0.3) is 0 Å². The van der Waals surface area contributed by atoms with E-state index in [4.69, 9.17) is 4.42 Å². The van der Waals surface area contributed by atoms with Gasteiger partial charge < -0.3 is 14.5 Å². The predicted molar refractivity (Wildman–Crippen MR) is 69.9 cm³/mol. The molecule has 0 bridgehead atoms. The van der Waals surface area contributed by atoms with Crippen LogP contribution >= 0.6 is 0 Å². The molecule has 92 valence electrons. The average Bonchev–Trinajstić information content (AvgIpc) is 3.08. The minimum atomic E-state index is -0.230. The third-order valence-corrected chi connectivity index (χ3v) is 2.73. The van der Waals surface area contributed by atoms with Gasteiger partial charge in [0.1, 0.15) is 11.6 Å². The predicted octanol–water partition coefficient (Wildman–Crippen LogP) is 3.11. The molecule has 5 heteroatoms. The molecular weight excluding hydrogens is 242 g/mol. The number of nitrogens with one attached hydrogen (secondary N) is 1. The van der Waals surface area contributed by atoms with E-state index in [0.29, 0.717) is 5.82 Å². The van der Waals surface area contributed by atoms with Crippen LogP contribution in [0.2, 0.25) is 0 Å². The zero-order valence-electron chi connectivity index (χ0n) is 9.79. The molecule has 0 radical (unpaired) electrons. The van der Waals surface area contributed by atoms with Crippen LogP contribution < -0.4 is 0 Å². The number of nitrogens with zero attached hydrogens (tertiary/aromatic N) is 2. The summed E-state index contributed by atoms with van der Waals surface area (Å²) in [5.41, 5.74) is 1.58. The summed E-state index contributed by atoms with van der Waals surface area (Å²) in [4.78, 5) is 7.27. The largest absolute Gasteiger partial charge is 0.503 e. The Hall–Kier alpha value is -3.00. The number of rotatable bonds is 2. The van der Waals surface area contributed by atoms with Crippen LogP contribution in [0, 0.1) is 11.3 Å². The molecule has 0 saturated carbocycles. The van der Waals surface area contributed by atoms with Gasteiger partial charge in [-0.25, -0.2) is 4.98 Å². The van der Waals surface area contributed by atoms with E-state index in [2.05, 4.69) is 9.97 Å². The SMILES string of the molecule is N#CC(=C(O)c1ccco1)c1nc2ccccc2[nH]1. The Balaban J connectivity index is 2.18. The number of fused-ring (bicyclic) bond motifs is 1. The summed E-state index contributed by atoms with van der Waals surface area (Å²) in [7, 11) is 0. The molecule has 0 spiro atoms. The fourth-order valence-electron chi connectivity index (χ4n) is 1.83. The number of aromatic nitrogens is 2. The Labute approximate surface area is 108 Å². The van der Waals surface area contributed by atoms with Crippen LogP contribution in [0.15, 0.2) is 47.1 Å². The molecule has 2 aromatic heterocycles. The molecule has 0 aliphatic carbocycles. The first-order chi connectivity index (χ1) is 9.29. The molecule has 19 heavy (non-hydrogen) atoms. The number of para-hydroxylation sites is 2. The van der Waals surface area contributed by atoms with Gasteiger partial charge in [-0.05, 0) is 24.3 Å². The monoisotopic (exact) mass is 251 g/mol. The van der Waals surface area contributed by atoms with Crippen LogP contribution in [0.3, 0.4) is 0 Å². The normalized spacial score (nSPS) is 12.2. The summed E-state index contributed by atoms with van der Waals surface area (Å²) in [6.07, 6.45) is 1.43. The Morgan fingerprint density at radius 1 is 1.26 bits per heavy atom. The molecule has 0 fully saturated rings. The molecule has 0 saturated heterocycles. The zero-order valence-corrected chi connectivity index (χ0v) is 9.79. The molecule has 0 aliphatic heterocycles. The van der Waals surface area contributed by atoms with Crippen LogP contribution in [-0.4, -0.2) is 15.1 Å². The van der Waals surface area contributed by atoms with E-state index in [1.54, 1.807) is 12.1 Å². The van der Waals surface area contributed by atoms with E-state index >= 15 is 0 Å². The van der Waals surface area contributed by atoms with Gasteiger partial charge in [-0.15, -0.1) is 0 Å². The van der Waals surface area contributed by atoms with Gasteiger partial charge in [0, 0.05) is 0 Å². The molecule has 2 heterocycles. The number of imidazole rings is 1. The summed E-state index contributed by atoms with van der Waals surface area (Å²) in [6.45, 7) is 0. The van der Waals surface area contributed by atoms with Crippen molar-refractivity contribution in [2.75, 3.05) is 0 Å². The standard InChI is InChI=1S/C14H9N3O2/c15-8-9(13(18)12-6-3-7-19-12)14-16-10-4-1-2-5-11(10)17-14/h1-7,18H,(H,16,17).